The number of anilines is 1. The van der Waals surface area contributed by atoms with E-state index in [4.69, 9.17) is 0 Å². The Morgan fingerprint density at radius 2 is 2.00 bits per heavy atom. The zero-order chi connectivity index (χ0) is 15.4. The van der Waals surface area contributed by atoms with Crippen molar-refractivity contribution >= 4 is 21.7 Å². The molecule has 0 unspecified atom stereocenters. The van der Waals surface area contributed by atoms with Gasteiger partial charge in [-0.3, -0.25) is 0 Å². The fraction of sp³-hybridized carbons (Fsp3) is 0.333. The highest BCUT2D eigenvalue weighted by Crippen LogP contribution is 2.29. The van der Waals surface area contributed by atoms with Crippen molar-refractivity contribution < 1.29 is 8.78 Å². The van der Waals surface area contributed by atoms with Gasteiger partial charge in [0.2, 0.25) is 0 Å². The minimum Gasteiger partial charge on any atom is -0.369 e. The van der Waals surface area contributed by atoms with Crippen molar-refractivity contribution in [1.29, 1.82) is 0 Å². The van der Waals surface area contributed by atoms with Gasteiger partial charge >= 0.3 is 0 Å². The molecule has 0 bridgehead atoms. The van der Waals surface area contributed by atoms with Gasteiger partial charge in [0.1, 0.15) is 5.82 Å². The maximum atomic E-state index is 12.8. The number of benzene rings is 1. The second-order valence-electron chi connectivity index (χ2n) is 4.47. The third-order valence-electron chi connectivity index (χ3n) is 3.00. The van der Waals surface area contributed by atoms with Crippen LogP contribution in [0.4, 0.5) is 14.6 Å². The minimum atomic E-state index is -2.50. The summed E-state index contributed by atoms with van der Waals surface area (Å²) < 4.78 is 26.4. The van der Waals surface area contributed by atoms with Crippen molar-refractivity contribution in [3.8, 4) is 11.4 Å². The smallest absolute Gasteiger partial charge is 0.263 e. The fourth-order valence-electron chi connectivity index (χ4n) is 1.95. The second-order valence-corrected chi connectivity index (χ2v) is 5.26. The Balaban J connectivity index is 2.52. The molecule has 2 aromatic rings. The van der Waals surface area contributed by atoms with Crippen LogP contribution >= 0.6 is 15.9 Å². The van der Waals surface area contributed by atoms with Gasteiger partial charge in [0.05, 0.1) is 10.2 Å². The van der Waals surface area contributed by atoms with E-state index in [1.54, 1.807) is 12.1 Å². The van der Waals surface area contributed by atoms with E-state index in [-0.39, 0.29) is 5.56 Å². The summed E-state index contributed by atoms with van der Waals surface area (Å²) in [5.41, 5.74) is 1.41. The molecule has 0 saturated carbocycles. The minimum absolute atomic E-state index is 0.0259. The Bertz CT molecular complexity index is 632. The van der Waals surface area contributed by atoms with Gasteiger partial charge in [0.25, 0.3) is 6.43 Å². The first-order chi connectivity index (χ1) is 10.1. The molecule has 0 aliphatic heterocycles. The molecular weight excluding hydrogens is 340 g/mol. The number of halogens is 3. The van der Waals surface area contributed by atoms with Gasteiger partial charge in [0.15, 0.2) is 5.82 Å². The SMILES string of the molecule is CCNc1nc(-c2cccc(C(F)F)c2)nc(CC)c1Br. The van der Waals surface area contributed by atoms with E-state index in [1.807, 2.05) is 13.8 Å². The summed E-state index contributed by atoms with van der Waals surface area (Å²) in [5.74, 6) is 1.13. The quantitative estimate of drug-likeness (QED) is 0.833. The van der Waals surface area contributed by atoms with Crippen LogP contribution in [-0.4, -0.2) is 16.5 Å². The van der Waals surface area contributed by atoms with Gasteiger partial charge in [-0.05, 0) is 35.3 Å². The predicted octanol–water partition coefficient (Wildman–Crippen LogP) is 4.84. The lowest BCUT2D eigenvalue weighted by Gasteiger charge is -2.12. The lowest BCUT2D eigenvalue weighted by Crippen LogP contribution is -2.06. The largest absolute Gasteiger partial charge is 0.369 e. The van der Waals surface area contributed by atoms with E-state index in [2.05, 4.69) is 31.2 Å². The highest BCUT2D eigenvalue weighted by molar-refractivity contribution is 9.10. The Labute approximate surface area is 131 Å². The molecule has 112 valence electrons. The molecule has 0 saturated heterocycles. The molecule has 3 nitrogen and oxygen atoms in total. The van der Waals surface area contributed by atoms with Crippen LogP contribution in [0.5, 0.6) is 0 Å². The van der Waals surface area contributed by atoms with Gasteiger partial charge in [-0.25, -0.2) is 18.7 Å². The Kier molecular flexibility index (Phi) is 5.22. The molecule has 2 rings (SSSR count). The first-order valence-electron chi connectivity index (χ1n) is 6.75. The normalized spacial score (nSPS) is 11.0. The second kappa shape index (κ2) is 6.93. The zero-order valence-corrected chi connectivity index (χ0v) is 13.4. The van der Waals surface area contributed by atoms with Crippen molar-refractivity contribution in [3.63, 3.8) is 0 Å². The van der Waals surface area contributed by atoms with E-state index < -0.39 is 6.43 Å². The molecule has 0 aliphatic rings. The summed E-state index contributed by atoms with van der Waals surface area (Å²) in [7, 11) is 0. The molecule has 0 amide bonds. The first kappa shape index (κ1) is 15.8. The number of aromatic nitrogens is 2. The fourth-order valence-corrected chi connectivity index (χ4v) is 2.55. The molecule has 0 spiro atoms. The zero-order valence-electron chi connectivity index (χ0n) is 11.8. The standard InChI is InChI=1S/C15H16BrF2N3/c1-3-11-12(16)15(19-4-2)21-14(20-11)10-7-5-6-9(8-10)13(17)18/h5-8,13H,3-4H2,1-2H3,(H,19,20,21). The number of hydrogen-bond acceptors (Lipinski definition) is 3. The molecule has 1 N–H and O–H groups in total. The highest BCUT2D eigenvalue weighted by atomic mass is 79.9. The van der Waals surface area contributed by atoms with Crippen LogP contribution in [0, 0.1) is 0 Å². The van der Waals surface area contributed by atoms with Crippen molar-refractivity contribution in [2.75, 3.05) is 11.9 Å². The maximum absolute atomic E-state index is 12.8. The molecule has 1 heterocycles. The van der Waals surface area contributed by atoms with Crippen LogP contribution < -0.4 is 5.32 Å². The monoisotopic (exact) mass is 355 g/mol. The number of nitrogens with one attached hydrogen (secondary N) is 1. The lowest BCUT2D eigenvalue weighted by molar-refractivity contribution is 0.151. The van der Waals surface area contributed by atoms with Crippen LogP contribution in [0.3, 0.4) is 0 Å². The Morgan fingerprint density at radius 1 is 1.24 bits per heavy atom. The topological polar surface area (TPSA) is 37.8 Å². The van der Waals surface area contributed by atoms with Crippen molar-refractivity contribution in [3.05, 3.63) is 40.0 Å². The Morgan fingerprint density at radius 3 is 2.62 bits per heavy atom. The predicted molar refractivity (Wildman–Crippen MR) is 83.7 cm³/mol. The van der Waals surface area contributed by atoms with Crippen molar-refractivity contribution in [2.45, 2.75) is 26.7 Å². The van der Waals surface area contributed by atoms with Crippen LogP contribution in [0.1, 0.15) is 31.5 Å². The van der Waals surface area contributed by atoms with Crippen molar-refractivity contribution in [2.24, 2.45) is 0 Å². The third kappa shape index (κ3) is 3.56. The molecule has 0 radical (unpaired) electrons. The number of alkyl halides is 2. The Hall–Kier alpha value is -1.56. The number of hydrogen-bond donors (Lipinski definition) is 1. The van der Waals surface area contributed by atoms with E-state index in [0.717, 1.165) is 23.1 Å². The van der Waals surface area contributed by atoms with E-state index in [0.29, 0.717) is 17.2 Å². The first-order valence-corrected chi connectivity index (χ1v) is 7.54. The van der Waals surface area contributed by atoms with Crippen LogP contribution in [0.2, 0.25) is 0 Å². The molecule has 0 fully saturated rings. The summed E-state index contributed by atoms with van der Waals surface area (Å²) in [6.45, 7) is 4.68. The highest BCUT2D eigenvalue weighted by Gasteiger charge is 2.14. The summed E-state index contributed by atoms with van der Waals surface area (Å²) >= 11 is 3.48. The third-order valence-corrected chi connectivity index (χ3v) is 3.83. The van der Waals surface area contributed by atoms with Gasteiger partial charge in [0, 0.05) is 17.7 Å². The summed E-state index contributed by atoms with van der Waals surface area (Å²) in [4.78, 5) is 8.89. The van der Waals surface area contributed by atoms with Crippen molar-refractivity contribution in [1.82, 2.24) is 9.97 Å². The molecule has 1 aromatic heterocycles. The summed E-state index contributed by atoms with van der Waals surface area (Å²) in [5, 5.41) is 3.15. The van der Waals surface area contributed by atoms with Gasteiger partial charge in [-0.15, -0.1) is 0 Å². The molecule has 21 heavy (non-hydrogen) atoms. The van der Waals surface area contributed by atoms with E-state index in [9.17, 15) is 8.78 Å². The molecule has 0 aliphatic carbocycles. The molecular formula is C15H16BrF2N3. The van der Waals surface area contributed by atoms with Crippen LogP contribution in [0.15, 0.2) is 28.7 Å². The van der Waals surface area contributed by atoms with Gasteiger partial charge < -0.3 is 5.32 Å². The average molecular weight is 356 g/mol. The number of rotatable bonds is 5. The lowest BCUT2D eigenvalue weighted by atomic mass is 10.1. The van der Waals surface area contributed by atoms with Crippen LogP contribution in [0.25, 0.3) is 11.4 Å². The average Bonchev–Trinajstić information content (AvgIpc) is 2.49. The molecule has 1 aromatic carbocycles. The van der Waals surface area contributed by atoms with Gasteiger partial charge in [-0.2, -0.15) is 0 Å². The van der Waals surface area contributed by atoms with Crippen LogP contribution in [-0.2, 0) is 6.42 Å². The van der Waals surface area contributed by atoms with E-state index >= 15 is 0 Å². The number of nitrogens with zero attached hydrogens (tertiary/aromatic N) is 2. The maximum Gasteiger partial charge on any atom is 0.263 e. The van der Waals surface area contributed by atoms with Gasteiger partial charge in [-0.1, -0.05) is 25.1 Å². The number of aryl methyl sites for hydroxylation is 1. The van der Waals surface area contributed by atoms with E-state index in [1.165, 1.54) is 12.1 Å². The summed E-state index contributed by atoms with van der Waals surface area (Å²) in [6.07, 6.45) is -1.78. The molecule has 0 atom stereocenters. The summed E-state index contributed by atoms with van der Waals surface area (Å²) in [6, 6.07) is 6.17. The molecule has 6 heteroatoms.